The fourth-order valence-corrected chi connectivity index (χ4v) is 4.25. The molecule has 1 unspecified atom stereocenters. The van der Waals surface area contributed by atoms with Crippen molar-refractivity contribution in [1.82, 2.24) is 15.2 Å². The van der Waals surface area contributed by atoms with E-state index in [0.717, 1.165) is 26.1 Å². The monoisotopic (exact) mass is 347 g/mol. The zero-order valence-corrected chi connectivity index (χ0v) is 16.0. The largest absolute Gasteiger partial charge is 0.361 e. The van der Waals surface area contributed by atoms with E-state index in [1.807, 2.05) is 0 Å². The van der Waals surface area contributed by atoms with E-state index >= 15 is 0 Å². The summed E-state index contributed by atoms with van der Waals surface area (Å²) in [6.07, 6.45) is 3.27. The topological polar surface area (TPSA) is 31.1 Å². The van der Waals surface area contributed by atoms with Crippen molar-refractivity contribution in [1.29, 1.82) is 0 Å². The first-order valence-corrected chi connectivity index (χ1v) is 9.72. The average molecular weight is 348 g/mol. The lowest BCUT2D eigenvalue weighted by molar-refractivity contribution is 0.296. The van der Waals surface area contributed by atoms with Crippen molar-refractivity contribution in [3.05, 3.63) is 70.9 Å². The average Bonchev–Trinajstić information content (AvgIpc) is 3.05. The van der Waals surface area contributed by atoms with E-state index in [2.05, 4.69) is 84.8 Å². The maximum atomic E-state index is 3.59. The molecule has 1 aliphatic rings. The molecule has 1 atom stereocenters. The fraction of sp³-hybridized carbons (Fsp3) is 0.391. The lowest BCUT2D eigenvalue weighted by atomic mass is 9.84. The van der Waals surface area contributed by atoms with Crippen LogP contribution in [0.25, 0.3) is 10.9 Å². The van der Waals surface area contributed by atoms with E-state index in [4.69, 9.17) is 0 Å². The Morgan fingerprint density at radius 1 is 1.15 bits per heavy atom. The van der Waals surface area contributed by atoms with E-state index in [9.17, 15) is 0 Å². The van der Waals surface area contributed by atoms with Crippen LogP contribution in [0.2, 0.25) is 0 Å². The predicted molar refractivity (Wildman–Crippen MR) is 110 cm³/mol. The molecule has 26 heavy (non-hydrogen) atoms. The molecule has 3 heteroatoms. The van der Waals surface area contributed by atoms with Gasteiger partial charge in [-0.15, -0.1) is 0 Å². The van der Waals surface area contributed by atoms with Crippen molar-refractivity contribution >= 4 is 10.9 Å². The Morgan fingerprint density at radius 3 is 2.73 bits per heavy atom. The van der Waals surface area contributed by atoms with Crippen LogP contribution in [0.1, 0.15) is 42.0 Å². The van der Waals surface area contributed by atoms with E-state index < -0.39 is 0 Å². The Hall–Kier alpha value is -2.10. The molecule has 0 aliphatic carbocycles. The number of hydrogen-bond acceptors (Lipinski definition) is 2. The number of H-pyrrole nitrogens is 1. The zero-order valence-electron chi connectivity index (χ0n) is 16.0. The number of rotatable bonds is 5. The fourth-order valence-electron chi connectivity index (χ4n) is 4.25. The summed E-state index contributed by atoms with van der Waals surface area (Å²) in [5.74, 6) is 0.448. The Morgan fingerprint density at radius 2 is 1.96 bits per heavy atom. The van der Waals surface area contributed by atoms with Gasteiger partial charge < -0.3 is 15.2 Å². The summed E-state index contributed by atoms with van der Waals surface area (Å²) in [6, 6.07) is 16.2. The number of aromatic nitrogens is 1. The molecular weight excluding hydrogens is 318 g/mol. The second kappa shape index (κ2) is 7.26. The Labute approximate surface area is 156 Å². The van der Waals surface area contributed by atoms with Crippen molar-refractivity contribution in [3.8, 4) is 0 Å². The number of aromatic amines is 1. The van der Waals surface area contributed by atoms with Gasteiger partial charge in [-0.05, 0) is 42.3 Å². The lowest BCUT2D eigenvalue weighted by Gasteiger charge is -2.33. The minimum Gasteiger partial charge on any atom is -0.361 e. The number of fused-ring (bicyclic) bond motifs is 3. The van der Waals surface area contributed by atoms with E-state index in [1.54, 1.807) is 0 Å². The normalized spacial score (nSPS) is 17.8. The van der Waals surface area contributed by atoms with Crippen molar-refractivity contribution in [3.63, 3.8) is 0 Å². The van der Waals surface area contributed by atoms with Crippen LogP contribution in [0.5, 0.6) is 0 Å². The maximum absolute atomic E-state index is 3.59. The number of hydrogen-bond donors (Lipinski definition) is 2. The molecule has 2 heterocycles. The summed E-state index contributed by atoms with van der Waals surface area (Å²) in [5.41, 5.74) is 7.10. The molecule has 0 fully saturated rings. The number of benzene rings is 2. The highest BCUT2D eigenvalue weighted by atomic mass is 15.1. The van der Waals surface area contributed by atoms with E-state index in [1.165, 1.54) is 33.2 Å². The molecule has 0 radical (unpaired) electrons. The van der Waals surface area contributed by atoms with Gasteiger partial charge in [-0.2, -0.15) is 0 Å². The van der Waals surface area contributed by atoms with Gasteiger partial charge in [0.2, 0.25) is 0 Å². The van der Waals surface area contributed by atoms with Crippen LogP contribution >= 0.6 is 0 Å². The molecule has 0 saturated heterocycles. The van der Waals surface area contributed by atoms with Crippen LogP contribution in [0.3, 0.4) is 0 Å². The third kappa shape index (κ3) is 3.29. The van der Waals surface area contributed by atoms with Gasteiger partial charge in [0.1, 0.15) is 0 Å². The first-order chi connectivity index (χ1) is 12.6. The van der Waals surface area contributed by atoms with E-state index in [-0.39, 0.29) is 0 Å². The van der Waals surface area contributed by atoms with Gasteiger partial charge >= 0.3 is 0 Å². The van der Waals surface area contributed by atoms with Gasteiger partial charge in [-0.3, -0.25) is 0 Å². The summed E-state index contributed by atoms with van der Waals surface area (Å²) in [7, 11) is 2.23. The Balaban J connectivity index is 1.71. The van der Waals surface area contributed by atoms with Gasteiger partial charge in [-0.25, -0.2) is 0 Å². The van der Waals surface area contributed by atoms with Crippen LogP contribution < -0.4 is 5.32 Å². The smallest absolute Gasteiger partial charge is 0.0505 e. The first-order valence-electron chi connectivity index (χ1n) is 9.72. The molecule has 0 amide bonds. The quantitative estimate of drug-likeness (QED) is 0.721. The molecule has 3 aromatic rings. The van der Waals surface area contributed by atoms with Gasteiger partial charge in [0, 0.05) is 36.6 Å². The highest BCUT2D eigenvalue weighted by Gasteiger charge is 2.26. The summed E-state index contributed by atoms with van der Waals surface area (Å²) in [5, 5.41) is 4.91. The number of likely N-dealkylation sites (N-methyl/N-ethyl adjacent to an activating group) is 1. The number of nitrogens with zero attached hydrogens (tertiary/aromatic N) is 1. The van der Waals surface area contributed by atoms with Crippen molar-refractivity contribution in [2.24, 2.45) is 0 Å². The molecule has 0 bridgehead atoms. The van der Waals surface area contributed by atoms with Crippen LogP contribution in [0.4, 0.5) is 0 Å². The van der Waals surface area contributed by atoms with Crippen LogP contribution in [-0.4, -0.2) is 36.1 Å². The SMILES string of the molecule is CC(C)NCCc1c[nH]c2c3c(ccc12)C(c1ccccc1)CN(C)C3. The molecule has 2 aromatic carbocycles. The summed E-state index contributed by atoms with van der Waals surface area (Å²) < 4.78 is 0. The van der Waals surface area contributed by atoms with Crippen molar-refractivity contribution < 1.29 is 0 Å². The van der Waals surface area contributed by atoms with E-state index in [0.29, 0.717) is 12.0 Å². The third-order valence-corrected chi connectivity index (χ3v) is 5.53. The van der Waals surface area contributed by atoms with Gasteiger partial charge in [0.25, 0.3) is 0 Å². The standard InChI is InChI=1S/C23H29N3/c1-16(2)24-12-11-18-13-25-23-19(18)9-10-20-21(14-26(3)15-22(20)23)17-7-5-4-6-8-17/h4-10,13,16,21,24-25H,11-12,14-15H2,1-3H3. The summed E-state index contributed by atoms with van der Waals surface area (Å²) >= 11 is 0. The summed E-state index contributed by atoms with van der Waals surface area (Å²) in [4.78, 5) is 6.04. The maximum Gasteiger partial charge on any atom is 0.0505 e. The Bertz CT molecular complexity index is 879. The molecule has 4 rings (SSSR count). The lowest BCUT2D eigenvalue weighted by Crippen LogP contribution is -2.31. The van der Waals surface area contributed by atoms with Gasteiger partial charge in [-0.1, -0.05) is 56.3 Å². The van der Waals surface area contributed by atoms with Gasteiger partial charge in [0.05, 0.1) is 5.52 Å². The molecule has 1 aromatic heterocycles. The van der Waals surface area contributed by atoms with Gasteiger partial charge in [0.15, 0.2) is 0 Å². The second-order valence-electron chi connectivity index (χ2n) is 7.89. The van der Waals surface area contributed by atoms with Crippen LogP contribution in [0.15, 0.2) is 48.7 Å². The highest BCUT2D eigenvalue weighted by Crippen LogP contribution is 2.37. The second-order valence-corrected chi connectivity index (χ2v) is 7.89. The molecule has 136 valence electrons. The van der Waals surface area contributed by atoms with Crippen molar-refractivity contribution in [2.45, 2.75) is 38.8 Å². The van der Waals surface area contributed by atoms with Crippen LogP contribution in [-0.2, 0) is 13.0 Å². The Kier molecular flexibility index (Phi) is 4.84. The van der Waals surface area contributed by atoms with Crippen LogP contribution in [0, 0.1) is 0 Å². The zero-order chi connectivity index (χ0) is 18.1. The summed E-state index contributed by atoms with van der Waals surface area (Å²) in [6.45, 7) is 7.51. The first kappa shape index (κ1) is 17.3. The third-order valence-electron chi connectivity index (χ3n) is 5.53. The van der Waals surface area contributed by atoms with Crippen molar-refractivity contribution in [2.75, 3.05) is 20.1 Å². The molecule has 3 nitrogen and oxygen atoms in total. The molecule has 0 saturated carbocycles. The number of nitrogens with one attached hydrogen (secondary N) is 2. The molecule has 2 N–H and O–H groups in total. The highest BCUT2D eigenvalue weighted by molar-refractivity contribution is 5.87. The minimum atomic E-state index is 0.448. The molecular formula is C23H29N3. The minimum absolute atomic E-state index is 0.448. The predicted octanol–water partition coefficient (Wildman–Crippen LogP) is 4.29. The molecule has 0 spiro atoms. The molecule has 1 aliphatic heterocycles.